The quantitative estimate of drug-likeness (QED) is 0.166. The van der Waals surface area contributed by atoms with Crippen molar-refractivity contribution in [2.45, 2.75) is 53.2 Å². The highest BCUT2D eigenvalue weighted by Gasteiger charge is 2.23. The maximum absolute atomic E-state index is 13.0. The van der Waals surface area contributed by atoms with Crippen molar-refractivity contribution in [3.8, 4) is 11.8 Å². The van der Waals surface area contributed by atoms with Crippen molar-refractivity contribution in [3.63, 3.8) is 0 Å². The van der Waals surface area contributed by atoms with Crippen LogP contribution in [0.4, 0.5) is 19.8 Å². The second kappa shape index (κ2) is 14.2. The van der Waals surface area contributed by atoms with Crippen molar-refractivity contribution >= 4 is 51.3 Å². The number of carbonyl (C=O) groups excluding carboxylic acids is 2. The van der Waals surface area contributed by atoms with Crippen molar-refractivity contribution in [1.29, 1.82) is 0 Å². The topological polar surface area (TPSA) is 158 Å². The predicted octanol–water partition coefficient (Wildman–Crippen LogP) is 6.65. The SMILES string of the molecule is CCOc1n[nH]c2cc(NC(=O)N[C@H](C)c3ccc(F)cc3)ncc12.CCOc1nn(C(=O)OC(C)(C)C)c2cc(Cl)ncc12. The van der Waals surface area contributed by atoms with Crippen LogP contribution in [0.25, 0.3) is 21.8 Å². The zero-order chi connectivity index (χ0) is 32.7. The summed E-state index contributed by atoms with van der Waals surface area (Å²) in [4.78, 5) is 32.5. The van der Waals surface area contributed by atoms with E-state index in [1.807, 2.05) is 20.8 Å². The van der Waals surface area contributed by atoms with E-state index in [1.54, 1.807) is 51.2 Å². The Balaban J connectivity index is 0.000000210. The smallest absolute Gasteiger partial charge is 0.435 e. The number of carbonyl (C=O) groups is 2. The molecule has 4 aromatic heterocycles. The summed E-state index contributed by atoms with van der Waals surface area (Å²) in [5.74, 6) is 0.871. The summed E-state index contributed by atoms with van der Waals surface area (Å²) in [6.07, 6.45) is 2.52. The molecule has 238 valence electrons. The number of nitrogens with zero attached hydrogens (tertiary/aromatic N) is 5. The Morgan fingerprint density at radius 1 is 1.02 bits per heavy atom. The van der Waals surface area contributed by atoms with Gasteiger partial charge < -0.3 is 19.5 Å². The van der Waals surface area contributed by atoms with Crippen molar-refractivity contribution in [2.75, 3.05) is 18.5 Å². The predicted molar refractivity (Wildman–Crippen MR) is 167 cm³/mol. The lowest BCUT2D eigenvalue weighted by Gasteiger charge is -2.19. The molecular formula is C30H34ClFN8O5. The number of hydrogen-bond acceptors (Lipinski definition) is 9. The second-order valence-corrected chi connectivity index (χ2v) is 11.0. The molecule has 0 aliphatic carbocycles. The van der Waals surface area contributed by atoms with Gasteiger partial charge in [0.1, 0.15) is 22.4 Å². The molecule has 2 amide bonds. The molecular weight excluding hydrogens is 607 g/mol. The summed E-state index contributed by atoms with van der Waals surface area (Å²) in [6.45, 7) is 11.8. The van der Waals surface area contributed by atoms with E-state index in [-0.39, 0.29) is 17.0 Å². The molecule has 0 saturated carbocycles. The molecule has 1 aromatic carbocycles. The van der Waals surface area contributed by atoms with E-state index in [2.05, 4.69) is 35.9 Å². The molecule has 4 heterocycles. The minimum absolute atomic E-state index is 0.269. The van der Waals surface area contributed by atoms with Crippen LogP contribution in [-0.2, 0) is 4.74 Å². The number of aromatic amines is 1. The van der Waals surface area contributed by atoms with Crippen LogP contribution < -0.4 is 20.1 Å². The molecule has 0 unspecified atom stereocenters. The van der Waals surface area contributed by atoms with E-state index < -0.39 is 17.7 Å². The van der Waals surface area contributed by atoms with Crippen molar-refractivity contribution in [1.82, 2.24) is 35.3 Å². The van der Waals surface area contributed by atoms with Gasteiger partial charge in [-0.25, -0.2) is 23.9 Å². The van der Waals surface area contributed by atoms with Gasteiger partial charge in [0.15, 0.2) is 0 Å². The zero-order valence-electron chi connectivity index (χ0n) is 25.6. The number of anilines is 1. The Morgan fingerprint density at radius 2 is 1.69 bits per heavy atom. The summed E-state index contributed by atoms with van der Waals surface area (Å²) in [6, 6.07) is 8.51. The molecule has 13 nitrogen and oxygen atoms in total. The van der Waals surface area contributed by atoms with E-state index in [4.69, 9.17) is 25.8 Å². The van der Waals surface area contributed by atoms with Gasteiger partial charge in [-0.3, -0.25) is 10.4 Å². The fraction of sp³-hybridized carbons (Fsp3) is 0.333. The lowest BCUT2D eigenvalue weighted by atomic mass is 10.1. The normalized spacial score (nSPS) is 11.8. The van der Waals surface area contributed by atoms with Gasteiger partial charge in [-0.15, -0.1) is 10.2 Å². The van der Waals surface area contributed by atoms with Crippen LogP contribution in [-0.4, -0.2) is 60.9 Å². The Kier molecular flexibility index (Phi) is 10.4. The minimum Gasteiger partial charge on any atom is -0.476 e. The van der Waals surface area contributed by atoms with Crippen LogP contribution in [0, 0.1) is 5.82 Å². The van der Waals surface area contributed by atoms with Crippen LogP contribution in [0.15, 0.2) is 48.8 Å². The maximum atomic E-state index is 13.0. The van der Waals surface area contributed by atoms with Gasteiger partial charge in [0.25, 0.3) is 0 Å². The number of rotatable bonds is 7. The maximum Gasteiger partial charge on any atom is 0.435 e. The first kappa shape index (κ1) is 32.9. The van der Waals surface area contributed by atoms with Crippen LogP contribution in [0.1, 0.15) is 53.1 Å². The summed E-state index contributed by atoms with van der Waals surface area (Å²) in [5, 5.41) is 18.1. The highest BCUT2D eigenvalue weighted by molar-refractivity contribution is 6.30. The van der Waals surface area contributed by atoms with E-state index in [9.17, 15) is 14.0 Å². The Morgan fingerprint density at radius 3 is 2.36 bits per heavy atom. The number of pyridine rings is 2. The molecule has 5 aromatic rings. The van der Waals surface area contributed by atoms with E-state index in [0.717, 1.165) is 15.6 Å². The highest BCUT2D eigenvalue weighted by Crippen LogP contribution is 2.27. The molecule has 0 aliphatic rings. The van der Waals surface area contributed by atoms with Crippen molar-refractivity contribution in [2.24, 2.45) is 0 Å². The number of benzene rings is 1. The number of nitrogens with one attached hydrogen (secondary N) is 3. The third kappa shape index (κ3) is 8.56. The summed E-state index contributed by atoms with van der Waals surface area (Å²) in [7, 11) is 0. The zero-order valence-corrected chi connectivity index (χ0v) is 26.4. The van der Waals surface area contributed by atoms with Gasteiger partial charge in [-0.1, -0.05) is 23.7 Å². The summed E-state index contributed by atoms with van der Waals surface area (Å²) >= 11 is 5.87. The van der Waals surface area contributed by atoms with E-state index in [0.29, 0.717) is 47.2 Å². The molecule has 0 bridgehead atoms. The molecule has 45 heavy (non-hydrogen) atoms. The molecule has 15 heteroatoms. The largest absolute Gasteiger partial charge is 0.476 e. The number of hydrogen-bond donors (Lipinski definition) is 3. The molecule has 0 spiro atoms. The van der Waals surface area contributed by atoms with Crippen LogP contribution in [0.5, 0.6) is 11.8 Å². The van der Waals surface area contributed by atoms with Gasteiger partial charge in [0.2, 0.25) is 11.8 Å². The third-order valence-electron chi connectivity index (χ3n) is 6.00. The minimum atomic E-state index is -0.613. The molecule has 0 fully saturated rings. The first-order valence-electron chi connectivity index (χ1n) is 14.1. The number of amides is 2. The summed E-state index contributed by atoms with van der Waals surface area (Å²) in [5.41, 5.74) is 1.40. The molecule has 0 radical (unpaired) electrons. The molecule has 0 saturated heterocycles. The lowest BCUT2D eigenvalue weighted by Crippen LogP contribution is -2.31. The van der Waals surface area contributed by atoms with Gasteiger partial charge in [-0.2, -0.15) is 4.68 Å². The molecule has 0 aliphatic heterocycles. The number of aromatic nitrogens is 6. The van der Waals surface area contributed by atoms with Gasteiger partial charge >= 0.3 is 12.1 Å². The van der Waals surface area contributed by atoms with Crippen LogP contribution in [0.2, 0.25) is 5.15 Å². The average molecular weight is 641 g/mol. The first-order chi connectivity index (χ1) is 21.4. The average Bonchev–Trinajstić information content (AvgIpc) is 3.54. The van der Waals surface area contributed by atoms with E-state index >= 15 is 0 Å². The van der Waals surface area contributed by atoms with Crippen molar-refractivity contribution < 1.29 is 28.2 Å². The number of halogens is 2. The summed E-state index contributed by atoms with van der Waals surface area (Å²) < 4.78 is 30.2. The number of fused-ring (bicyclic) bond motifs is 2. The number of ether oxygens (including phenoxy) is 3. The van der Waals surface area contributed by atoms with Crippen molar-refractivity contribution in [3.05, 3.63) is 65.3 Å². The highest BCUT2D eigenvalue weighted by atomic mass is 35.5. The molecule has 1 atom stereocenters. The number of urea groups is 1. The van der Waals surface area contributed by atoms with Gasteiger partial charge in [-0.05, 0) is 59.2 Å². The lowest BCUT2D eigenvalue weighted by molar-refractivity contribution is 0.0520. The number of H-pyrrole nitrogens is 1. The van der Waals surface area contributed by atoms with E-state index in [1.165, 1.54) is 18.3 Å². The first-order valence-corrected chi connectivity index (χ1v) is 14.5. The standard InChI is InChI=1S/C17H18FN5O2.C13H16ClN3O3/c1-3-25-16-13-9-19-15(8-14(13)22-23-16)21-17(24)20-10(2)11-4-6-12(18)7-5-11;1-5-19-11-8-7-15-10(14)6-9(8)17(16-11)12(18)20-13(2,3)4/h4-10H,3H2,1-2H3,(H,22,23)(H2,19,20,21,24);6-7H,5H2,1-4H3/t10-;/m1./s1. The fourth-order valence-corrected chi connectivity index (χ4v) is 4.19. The second-order valence-electron chi connectivity index (χ2n) is 10.6. The third-order valence-corrected chi connectivity index (χ3v) is 6.20. The molecule has 3 N–H and O–H groups in total. The van der Waals surface area contributed by atoms with Gasteiger partial charge in [0.05, 0.1) is 41.1 Å². The Hall–Kier alpha value is -4.98. The fourth-order valence-electron chi connectivity index (χ4n) is 4.03. The Labute approximate surface area is 263 Å². The Bertz CT molecular complexity index is 1790. The van der Waals surface area contributed by atoms with Crippen LogP contribution in [0.3, 0.4) is 0 Å². The monoisotopic (exact) mass is 640 g/mol. The van der Waals surface area contributed by atoms with Gasteiger partial charge in [0, 0.05) is 24.5 Å². The molecule has 5 rings (SSSR count). The van der Waals surface area contributed by atoms with Crippen LogP contribution >= 0.6 is 11.6 Å².